The third-order valence-corrected chi connectivity index (χ3v) is 3.92. The highest BCUT2D eigenvalue weighted by Crippen LogP contribution is 2.17. The second-order valence-corrected chi connectivity index (χ2v) is 6.27. The normalized spacial score (nSPS) is 11.1. The Hall–Kier alpha value is -2.87. The number of halogens is 3. The molecule has 0 aromatic heterocycles. The van der Waals surface area contributed by atoms with E-state index in [1.54, 1.807) is 0 Å². The molecule has 0 unspecified atom stereocenters. The van der Waals surface area contributed by atoms with Crippen LogP contribution in [0.15, 0.2) is 54.6 Å². The smallest absolute Gasteiger partial charge is 0.491 e. The second kappa shape index (κ2) is 11.2. The van der Waals surface area contributed by atoms with Gasteiger partial charge in [0.05, 0.1) is 13.0 Å². The first-order chi connectivity index (χ1) is 13.8. The average Bonchev–Trinajstić information content (AvgIpc) is 2.69. The highest BCUT2D eigenvalue weighted by Gasteiger charge is 2.42. The van der Waals surface area contributed by atoms with Gasteiger partial charge in [0.1, 0.15) is 5.75 Å². The van der Waals surface area contributed by atoms with Gasteiger partial charge in [0.2, 0.25) is 0 Å². The van der Waals surface area contributed by atoms with Crippen molar-refractivity contribution in [1.29, 1.82) is 0 Å². The number of nitrogens with one attached hydrogen (secondary N) is 1. The van der Waals surface area contributed by atoms with Crippen molar-refractivity contribution < 1.29 is 32.2 Å². The lowest BCUT2D eigenvalue weighted by atomic mass is 10.1. The van der Waals surface area contributed by atoms with Crippen LogP contribution in [0.1, 0.15) is 24.0 Å². The van der Waals surface area contributed by atoms with Gasteiger partial charge in [-0.05, 0) is 36.1 Å². The predicted molar refractivity (Wildman–Crippen MR) is 100 cm³/mol. The fraction of sp³-hybridized carbons (Fsp3) is 0.333. The Labute approximate surface area is 166 Å². The SMILES string of the molecule is O=C(CCNCc1ccc(OCCCc2ccccc2)cc1)OC(=O)C(F)(F)F. The van der Waals surface area contributed by atoms with Crippen LogP contribution in [0.5, 0.6) is 5.75 Å². The van der Waals surface area contributed by atoms with E-state index in [9.17, 15) is 22.8 Å². The number of ether oxygens (including phenoxy) is 2. The molecule has 0 saturated heterocycles. The van der Waals surface area contributed by atoms with Gasteiger partial charge in [0, 0.05) is 13.1 Å². The molecule has 0 bridgehead atoms. The van der Waals surface area contributed by atoms with Gasteiger partial charge < -0.3 is 14.8 Å². The van der Waals surface area contributed by atoms with E-state index in [0.29, 0.717) is 13.2 Å². The van der Waals surface area contributed by atoms with Crippen molar-refractivity contribution in [3.63, 3.8) is 0 Å². The van der Waals surface area contributed by atoms with Crippen molar-refractivity contribution >= 4 is 11.9 Å². The van der Waals surface area contributed by atoms with Gasteiger partial charge in [-0.2, -0.15) is 13.2 Å². The van der Waals surface area contributed by atoms with E-state index in [-0.39, 0.29) is 13.0 Å². The first-order valence-corrected chi connectivity index (χ1v) is 9.13. The number of hydrogen-bond donors (Lipinski definition) is 1. The predicted octanol–water partition coefficient (Wildman–Crippen LogP) is 3.81. The summed E-state index contributed by atoms with van der Waals surface area (Å²) in [5, 5.41) is 2.90. The molecule has 2 rings (SSSR count). The number of aryl methyl sites for hydroxylation is 1. The number of carbonyl (C=O) groups excluding carboxylic acids is 2. The molecular weight excluding hydrogens is 387 g/mol. The molecular formula is C21H22F3NO4. The Balaban J connectivity index is 1.60. The quantitative estimate of drug-likeness (QED) is 0.367. The highest BCUT2D eigenvalue weighted by atomic mass is 19.4. The van der Waals surface area contributed by atoms with Gasteiger partial charge in [0.15, 0.2) is 0 Å². The van der Waals surface area contributed by atoms with Gasteiger partial charge in [-0.15, -0.1) is 0 Å². The van der Waals surface area contributed by atoms with Crippen LogP contribution in [0.4, 0.5) is 13.2 Å². The van der Waals surface area contributed by atoms with Crippen molar-refractivity contribution in [3.05, 3.63) is 65.7 Å². The number of alkyl halides is 3. The van der Waals surface area contributed by atoms with Crippen molar-refractivity contribution in [2.24, 2.45) is 0 Å². The van der Waals surface area contributed by atoms with Crippen LogP contribution < -0.4 is 10.1 Å². The number of rotatable bonds is 10. The zero-order valence-electron chi connectivity index (χ0n) is 15.7. The summed E-state index contributed by atoms with van der Waals surface area (Å²) in [6, 6.07) is 17.5. The molecule has 2 aromatic carbocycles. The number of benzene rings is 2. The summed E-state index contributed by atoms with van der Waals surface area (Å²) < 4.78 is 45.3. The average molecular weight is 409 g/mol. The summed E-state index contributed by atoms with van der Waals surface area (Å²) in [7, 11) is 0. The van der Waals surface area contributed by atoms with Crippen molar-refractivity contribution in [2.45, 2.75) is 32.0 Å². The molecule has 156 valence electrons. The summed E-state index contributed by atoms with van der Waals surface area (Å²) >= 11 is 0. The Bertz CT molecular complexity index is 777. The molecule has 0 amide bonds. The van der Waals surface area contributed by atoms with Crippen molar-refractivity contribution in [2.75, 3.05) is 13.2 Å². The molecule has 0 radical (unpaired) electrons. The third kappa shape index (κ3) is 8.78. The van der Waals surface area contributed by atoms with Crippen molar-refractivity contribution in [3.8, 4) is 5.75 Å². The summed E-state index contributed by atoms with van der Waals surface area (Å²) in [6.45, 7) is 1.10. The molecule has 0 aliphatic carbocycles. The zero-order chi connectivity index (χ0) is 21.1. The molecule has 2 aromatic rings. The molecule has 0 saturated carbocycles. The molecule has 5 nitrogen and oxygen atoms in total. The zero-order valence-corrected chi connectivity index (χ0v) is 15.7. The minimum atomic E-state index is -5.17. The van der Waals surface area contributed by atoms with Crippen molar-refractivity contribution in [1.82, 2.24) is 5.32 Å². The van der Waals surface area contributed by atoms with Crippen LogP contribution >= 0.6 is 0 Å². The van der Waals surface area contributed by atoms with E-state index < -0.39 is 18.1 Å². The van der Waals surface area contributed by atoms with E-state index in [2.05, 4.69) is 22.2 Å². The largest absolute Gasteiger partial charge is 0.494 e. The highest BCUT2D eigenvalue weighted by molar-refractivity contribution is 5.88. The van der Waals surface area contributed by atoms with Crippen LogP contribution in [0.2, 0.25) is 0 Å². The fourth-order valence-corrected chi connectivity index (χ4v) is 2.45. The summed E-state index contributed by atoms with van der Waals surface area (Å²) in [6.07, 6.45) is -3.67. The minimum absolute atomic E-state index is 0.0850. The molecule has 0 fully saturated rings. The lowest BCUT2D eigenvalue weighted by molar-refractivity contribution is -0.201. The Morgan fingerprint density at radius 3 is 2.28 bits per heavy atom. The maximum Gasteiger partial charge on any atom is 0.491 e. The van der Waals surface area contributed by atoms with E-state index in [1.165, 1.54) is 5.56 Å². The first-order valence-electron chi connectivity index (χ1n) is 9.13. The standard InChI is InChI=1S/C21H22F3NO4/c22-21(23,24)20(27)29-19(26)12-13-25-15-17-8-10-18(11-9-17)28-14-4-7-16-5-2-1-3-6-16/h1-3,5-6,8-11,25H,4,7,12-15H2. The van der Waals surface area contributed by atoms with Gasteiger partial charge in [-0.3, -0.25) is 4.79 Å². The molecule has 8 heteroatoms. The van der Waals surface area contributed by atoms with Crippen LogP contribution in [0.3, 0.4) is 0 Å². The van der Waals surface area contributed by atoms with E-state index in [0.717, 1.165) is 24.2 Å². The topological polar surface area (TPSA) is 64.6 Å². The Morgan fingerprint density at radius 2 is 1.62 bits per heavy atom. The Kier molecular flexibility index (Phi) is 8.67. The van der Waals surface area contributed by atoms with E-state index >= 15 is 0 Å². The van der Waals surface area contributed by atoms with Crippen LogP contribution in [0, 0.1) is 0 Å². The number of esters is 2. The maximum absolute atomic E-state index is 12.0. The minimum Gasteiger partial charge on any atom is -0.494 e. The molecule has 0 heterocycles. The third-order valence-electron chi connectivity index (χ3n) is 3.92. The molecule has 29 heavy (non-hydrogen) atoms. The summed E-state index contributed by atoms with van der Waals surface area (Å²) in [5.74, 6) is -2.98. The molecule has 0 aliphatic rings. The van der Waals surface area contributed by atoms with Gasteiger partial charge in [0.25, 0.3) is 0 Å². The maximum atomic E-state index is 12.0. The fourth-order valence-electron chi connectivity index (χ4n) is 2.45. The molecule has 0 aliphatic heterocycles. The van der Waals surface area contributed by atoms with Gasteiger partial charge in [-0.1, -0.05) is 42.5 Å². The molecule has 0 atom stereocenters. The van der Waals surface area contributed by atoms with Gasteiger partial charge >= 0.3 is 18.1 Å². The summed E-state index contributed by atoms with van der Waals surface area (Å²) in [4.78, 5) is 21.7. The van der Waals surface area contributed by atoms with Gasteiger partial charge in [-0.25, -0.2) is 4.79 Å². The lowest BCUT2D eigenvalue weighted by Crippen LogP contribution is -2.29. The van der Waals surface area contributed by atoms with Crippen LogP contribution in [-0.2, 0) is 27.3 Å². The first kappa shape index (κ1) is 22.4. The van der Waals surface area contributed by atoms with Crippen LogP contribution in [0.25, 0.3) is 0 Å². The Morgan fingerprint density at radius 1 is 0.931 bits per heavy atom. The monoisotopic (exact) mass is 409 g/mol. The van der Waals surface area contributed by atoms with E-state index in [4.69, 9.17) is 4.74 Å². The summed E-state index contributed by atoms with van der Waals surface area (Å²) in [5.41, 5.74) is 2.19. The lowest BCUT2D eigenvalue weighted by Gasteiger charge is -2.09. The number of carbonyl (C=O) groups is 2. The van der Waals surface area contributed by atoms with Crippen LogP contribution in [-0.4, -0.2) is 31.3 Å². The second-order valence-electron chi connectivity index (χ2n) is 6.27. The van der Waals surface area contributed by atoms with E-state index in [1.807, 2.05) is 42.5 Å². The molecule has 1 N–H and O–H groups in total. The molecule has 0 spiro atoms. The number of hydrogen-bond acceptors (Lipinski definition) is 5.